The van der Waals surface area contributed by atoms with E-state index in [2.05, 4.69) is 0 Å². The monoisotopic (exact) mass is 236 g/mol. The highest BCUT2D eigenvalue weighted by molar-refractivity contribution is 5.76. The lowest BCUT2D eigenvalue weighted by Crippen LogP contribution is -2.30. The van der Waals surface area contributed by atoms with Crippen molar-refractivity contribution in [2.75, 3.05) is 20.3 Å². The molecule has 1 aliphatic heterocycles. The molecule has 0 aliphatic carbocycles. The smallest absolute Gasteiger partial charge is 0.310 e. The fraction of sp³-hybridized carbons (Fsp3) is 0.462. The predicted octanol–water partition coefficient (Wildman–Crippen LogP) is 1.90. The van der Waals surface area contributed by atoms with Gasteiger partial charge in [0, 0.05) is 5.92 Å². The van der Waals surface area contributed by atoms with Crippen LogP contribution in [0.3, 0.4) is 0 Å². The van der Waals surface area contributed by atoms with Gasteiger partial charge in [0.25, 0.3) is 0 Å². The van der Waals surface area contributed by atoms with Crippen molar-refractivity contribution in [3.8, 4) is 5.75 Å². The fourth-order valence-electron chi connectivity index (χ4n) is 1.99. The number of aliphatic carboxylic acids is 1. The highest BCUT2D eigenvalue weighted by atomic mass is 16.5. The van der Waals surface area contributed by atoms with Gasteiger partial charge in [-0.1, -0.05) is 12.1 Å². The van der Waals surface area contributed by atoms with Crippen LogP contribution in [-0.4, -0.2) is 31.4 Å². The van der Waals surface area contributed by atoms with Gasteiger partial charge in [-0.25, -0.2) is 0 Å². The number of carboxylic acid groups (broad SMARTS) is 1. The molecule has 1 N–H and O–H groups in total. The zero-order valence-corrected chi connectivity index (χ0v) is 9.76. The molecule has 1 aliphatic rings. The van der Waals surface area contributed by atoms with Crippen LogP contribution in [-0.2, 0) is 9.53 Å². The van der Waals surface area contributed by atoms with E-state index in [4.69, 9.17) is 9.47 Å². The molecule has 2 rings (SSSR count). The molecule has 1 atom stereocenters. The van der Waals surface area contributed by atoms with E-state index in [1.54, 1.807) is 13.2 Å². The topological polar surface area (TPSA) is 55.8 Å². The predicted molar refractivity (Wildman–Crippen MR) is 62.3 cm³/mol. The number of rotatable bonds is 5. The summed E-state index contributed by atoms with van der Waals surface area (Å²) in [7, 11) is 1.58. The van der Waals surface area contributed by atoms with Gasteiger partial charge in [-0.15, -0.1) is 0 Å². The van der Waals surface area contributed by atoms with Crippen molar-refractivity contribution >= 4 is 5.97 Å². The molecule has 92 valence electrons. The Balaban J connectivity index is 2.15. The van der Waals surface area contributed by atoms with E-state index in [0.29, 0.717) is 31.3 Å². The highest BCUT2D eigenvalue weighted by Crippen LogP contribution is 2.29. The summed E-state index contributed by atoms with van der Waals surface area (Å²) in [5.41, 5.74) is 0.795. The third kappa shape index (κ3) is 2.77. The Morgan fingerprint density at radius 2 is 2.35 bits per heavy atom. The molecule has 1 heterocycles. The molecular formula is C13H16O4. The Bertz CT molecular complexity index is 398. The zero-order chi connectivity index (χ0) is 12.3. The largest absolute Gasteiger partial charge is 0.497 e. The highest BCUT2D eigenvalue weighted by Gasteiger charge is 2.28. The lowest BCUT2D eigenvalue weighted by atomic mass is 9.88. The minimum atomic E-state index is -0.787. The van der Waals surface area contributed by atoms with E-state index in [0.717, 1.165) is 5.56 Å². The van der Waals surface area contributed by atoms with E-state index in [-0.39, 0.29) is 0 Å². The molecule has 1 saturated heterocycles. The maximum absolute atomic E-state index is 11.3. The summed E-state index contributed by atoms with van der Waals surface area (Å²) in [6, 6.07) is 7.26. The van der Waals surface area contributed by atoms with Crippen molar-refractivity contribution < 1.29 is 19.4 Å². The number of methoxy groups -OCH3 is 1. The molecule has 0 amide bonds. The number of hydrogen-bond acceptors (Lipinski definition) is 3. The number of carboxylic acids is 1. The van der Waals surface area contributed by atoms with Crippen LogP contribution in [0.25, 0.3) is 0 Å². The van der Waals surface area contributed by atoms with Gasteiger partial charge in [-0.05, 0) is 24.1 Å². The molecule has 0 saturated carbocycles. The van der Waals surface area contributed by atoms with E-state index < -0.39 is 11.9 Å². The molecule has 1 fully saturated rings. The Morgan fingerprint density at radius 1 is 1.59 bits per heavy atom. The number of ether oxygens (including phenoxy) is 2. The molecule has 4 heteroatoms. The zero-order valence-electron chi connectivity index (χ0n) is 9.76. The molecular weight excluding hydrogens is 220 g/mol. The lowest BCUT2D eigenvalue weighted by Gasteiger charge is -2.28. The second kappa shape index (κ2) is 5.19. The van der Waals surface area contributed by atoms with Gasteiger partial charge >= 0.3 is 5.97 Å². The third-order valence-electron chi connectivity index (χ3n) is 3.07. The third-order valence-corrected chi connectivity index (χ3v) is 3.07. The van der Waals surface area contributed by atoms with Gasteiger partial charge in [-0.2, -0.15) is 0 Å². The van der Waals surface area contributed by atoms with Gasteiger partial charge in [0.2, 0.25) is 0 Å². The normalized spacial score (nSPS) is 17.2. The average molecular weight is 236 g/mol. The van der Waals surface area contributed by atoms with Crippen LogP contribution in [0.4, 0.5) is 0 Å². The Labute approximate surface area is 100 Å². The maximum Gasteiger partial charge on any atom is 0.310 e. The fourth-order valence-corrected chi connectivity index (χ4v) is 1.99. The van der Waals surface area contributed by atoms with Crippen molar-refractivity contribution in [3.05, 3.63) is 29.8 Å². The number of carbonyl (C=O) groups is 1. The first-order chi connectivity index (χ1) is 8.20. The lowest BCUT2D eigenvalue weighted by molar-refractivity contribution is -0.140. The number of benzene rings is 1. The van der Waals surface area contributed by atoms with Gasteiger partial charge in [0.15, 0.2) is 0 Å². The van der Waals surface area contributed by atoms with E-state index in [9.17, 15) is 9.90 Å². The first kappa shape index (κ1) is 11.9. The summed E-state index contributed by atoms with van der Waals surface area (Å²) < 4.78 is 10.2. The summed E-state index contributed by atoms with van der Waals surface area (Å²) in [5, 5.41) is 9.28. The first-order valence-electron chi connectivity index (χ1n) is 5.65. The van der Waals surface area contributed by atoms with Crippen molar-refractivity contribution in [1.82, 2.24) is 0 Å². The number of hydrogen-bond donors (Lipinski definition) is 1. The van der Waals surface area contributed by atoms with E-state index in [1.165, 1.54) is 0 Å². The second-order valence-electron chi connectivity index (χ2n) is 4.31. The maximum atomic E-state index is 11.3. The molecule has 17 heavy (non-hydrogen) atoms. The van der Waals surface area contributed by atoms with Crippen LogP contribution >= 0.6 is 0 Å². The minimum absolute atomic E-state index is 0.363. The molecule has 1 aromatic carbocycles. The summed E-state index contributed by atoms with van der Waals surface area (Å²) in [4.78, 5) is 11.3. The molecule has 0 spiro atoms. The second-order valence-corrected chi connectivity index (χ2v) is 4.31. The van der Waals surface area contributed by atoms with E-state index >= 15 is 0 Å². The van der Waals surface area contributed by atoms with Crippen LogP contribution in [0.2, 0.25) is 0 Å². The quantitative estimate of drug-likeness (QED) is 0.848. The van der Waals surface area contributed by atoms with E-state index in [1.807, 2.05) is 18.2 Å². The average Bonchev–Trinajstić information content (AvgIpc) is 2.27. The van der Waals surface area contributed by atoms with Crippen molar-refractivity contribution in [2.24, 2.45) is 5.92 Å². The van der Waals surface area contributed by atoms with Gasteiger partial charge in [0.05, 0.1) is 26.2 Å². The van der Waals surface area contributed by atoms with Crippen molar-refractivity contribution in [2.45, 2.75) is 12.3 Å². The van der Waals surface area contributed by atoms with Gasteiger partial charge in [0.1, 0.15) is 5.75 Å². The molecule has 1 aromatic rings. The molecule has 1 unspecified atom stereocenters. The van der Waals surface area contributed by atoms with Crippen LogP contribution in [0, 0.1) is 5.92 Å². The molecule has 0 aromatic heterocycles. The summed E-state index contributed by atoms with van der Waals surface area (Å²) in [5.74, 6) is -0.204. The molecule has 0 radical (unpaired) electrons. The van der Waals surface area contributed by atoms with Gasteiger partial charge < -0.3 is 14.6 Å². The Hall–Kier alpha value is -1.55. The summed E-state index contributed by atoms with van der Waals surface area (Å²) in [6.45, 7) is 1.35. The van der Waals surface area contributed by atoms with Crippen LogP contribution in [0.5, 0.6) is 5.75 Å². The first-order valence-corrected chi connectivity index (χ1v) is 5.65. The molecule has 4 nitrogen and oxygen atoms in total. The minimum Gasteiger partial charge on any atom is -0.497 e. The van der Waals surface area contributed by atoms with Crippen LogP contribution in [0.15, 0.2) is 24.3 Å². The van der Waals surface area contributed by atoms with Crippen molar-refractivity contribution in [1.29, 1.82) is 0 Å². The Morgan fingerprint density at radius 3 is 2.88 bits per heavy atom. The summed E-state index contributed by atoms with van der Waals surface area (Å²) in [6.07, 6.45) is 0.627. The summed E-state index contributed by atoms with van der Waals surface area (Å²) >= 11 is 0. The van der Waals surface area contributed by atoms with Crippen molar-refractivity contribution in [3.63, 3.8) is 0 Å². The van der Waals surface area contributed by atoms with Crippen LogP contribution in [0.1, 0.15) is 17.9 Å². The van der Waals surface area contributed by atoms with Crippen LogP contribution < -0.4 is 4.74 Å². The Kier molecular flexibility index (Phi) is 3.64. The SMILES string of the molecule is COc1cccc(C(CC2COC2)C(=O)O)c1. The standard InChI is InChI=1S/C13H16O4/c1-16-11-4-2-3-10(6-11)12(13(14)15)5-9-7-17-8-9/h2-4,6,9,12H,5,7-8H2,1H3,(H,14,15). The van der Waals surface area contributed by atoms with Gasteiger partial charge in [-0.3, -0.25) is 4.79 Å². The molecule has 0 bridgehead atoms.